The van der Waals surface area contributed by atoms with Crippen LogP contribution >= 0.6 is 0 Å². The van der Waals surface area contributed by atoms with Gasteiger partial charge in [-0.25, -0.2) is 17.3 Å². The lowest BCUT2D eigenvalue weighted by molar-refractivity contribution is 0.0762. The number of rotatable bonds is 38. The van der Waals surface area contributed by atoms with Crippen molar-refractivity contribution in [1.29, 1.82) is 0 Å². The first-order valence-corrected chi connectivity index (χ1v) is 53.4. The molecule has 9 aromatic carbocycles. The maximum Gasteiger partial charge on any atom is 0.719 e. The van der Waals surface area contributed by atoms with E-state index in [1.165, 1.54) is 35.5 Å². The fraction of sp³-hybridized carbons (Fsp3) is 0.341. The topological polar surface area (TPSA) is 194 Å². The van der Waals surface area contributed by atoms with Crippen molar-refractivity contribution in [2.45, 2.75) is 38.3 Å². The third-order valence-electron chi connectivity index (χ3n) is 19.6. The minimum atomic E-state index is -3.67. The minimum Gasteiger partial charge on any atom is -0.398 e. The van der Waals surface area contributed by atoms with Crippen LogP contribution in [0, 0.1) is 0 Å². The SMILES string of the molecule is CO[Si](C)(CC[Si](OC)(OC)OC)OC.CO[Si](C)(CF)OC.CO[Si](C)(OC)c1ccc(N(c2ccccc2)c2ccc(-c3ccc(N(c4ccccc4)c4ccc([Si](OC)(OC)OC)cc4)cc3)cc2)cc1.CO[Si](C)(OC)c1ccc(N(c2ccccc2)c2ccc([Si](OC)(OC)OC)cc2)cc1.CO[Si](F)(OC)OC.FCF. The summed E-state index contributed by atoms with van der Waals surface area (Å²) in [5.74, 6) is 0. The summed E-state index contributed by atoms with van der Waals surface area (Å²) in [6.07, 6.45) is -0.486. The molecule has 35 heteroatoms. The van der Waals surface area contributed by atoms with Crippen molar-refractivity contribution in [3.63, 3.8) is 0 Å². The van der Waals surface area contributed by atoms with Gasteiger partial charge in [0.2, 0.25) is 6.93 Å². The zero-order valence-electron chi connectivity index (χ0n) is 71.9. The number of anilines is 9. The molecule has 0 aliphatic carbocycles. The molecule has 0 bridgehead atoms. The van der Waals surface area contributed by atoms with E-state index in [0.29, 0.717) is 6.04 Å². The number of nitrogens with zero attached hydrogens (tertiary/aromatic N) is 3. The van der Waals surface area contributed by atoms with Crippen LogP contribution in [0.1, 0.15) is 0 Å². The molecule has 9 aromatic rings. The Balaban J connectivity index is 0.000000368. The van der Waals surface area contributed by atoms with Gasteiger partial charge in [0.05, 0.1) is 0 Å². The largest absolute Gasteiger partial charge is 0.719 e. The van der Waals surface area contributed by atoms with Crippen molar-refractivity contribution in [3.8, 4) is 11.1 Å². The second-order valence-electron chi connectivity index (χ2n) is 25.5. The van der Waals surface area contributed by atoms with Gasteiger partial charge in [-0.05, 0) is 163 Å². The number of alkyl halides is 3. The quantitative estimate of drug-likeness (QED) is 0.0201. The first-order valence-electron chi connectivity index (χ1n) is 36.7. The maximum atomic E-state index is 12.5. The van der Waals surface area contributed by atoms with Gasteiger partial charge < -0.3 is 103 Å². The zero-order chi connectivity index (χ0) is 86.9. The maximum absolute atomic E-state index is 12.5. The molecule has 0 N–H and O–H groups in total. The Morgan fingerprint density at radius 2 is 0.444 bits per heavy atom. The van der Waals surface area contributed by atoms with E-state index in [1.54, 1.807) is 113 Å². The van der Waals surface area contributed by atoms with E-state index in [9.17, 15) is 17.3 Å². The normalized spacial score (nSPS) is 11.9. The van der Waals surface area contributed by atoms with Crippen LogP contribution < -0.4 is 35.4 Å². The molecule has 9 rings (SSSR count). The Morgan fingerprint density at radius 3 is 0.615 bits per heavy atom. The standard InChI is InChI=1S/C42H44N2O5Si2.C24H31NO5Si2.C8H22O5Si2.C4H11FO2Si.C3H9FO3Si.CH2F2/c1-45-50(6,46-2)41-29-25-39(26-30-41)43(35-13-9-7-10-14-35)37-21-17-33(18-22-37)34-19-23-38(24-20-34)44(36-15-11-8-12-16-36)40-27-31-42(32-28-40)51(47-3,48-4)49-5;1-26-31(6,27-2)23-16-12-21(13-17-23)25(20-10-8-7-9-11-20)22-14-18-24(19-15-22)32(28-3,29-4)30-5;1-9-14(6,10-2)7-8-15(11-3,12-4)13-5;1-6-8(3,4-5)7-2;1-5-8(4,6-2)7-3;2-1-3/h7-32H,1-6H3;7-19H,1-6H3;7-8H2,1-6H3;4H2,1-3H3;1-3H3;1H2. The van der Waals surface area contributed by atoms with Crippen molar-refractivity contribution >= 4 is 142 Å². The summed E-state index contributed by atoms with van der Waals surface area (Å²) >= 11 is 0. The van der Waals surface area contributed by atoms with Gasteiger partial charge >= 0.3 is 69.8 Å². The molecular formula is C82H119F4N3O20Si8. The van der Waals surface area contributed by atoms with Crippen LogP contribution in [0.25, 0.3) is 11.1 Å². The molecule has 0 amide bonds. The summed E-state index contributed by atoms with van der Waals surface area (Å²) in [4.78, 5) is 6.69. The van der Waals surface area contributed by atoms with Crippen LogP contribution in [0.3, 0.4) is 0 Å². The van der Waals surface area contributed by atoms with Gasteiger partial charge in [0, 0.05) is 210 Å². The summed E-state index contributed by atoms with van der Waals surface area (Å²) in [5.41, 5.74) is 11.7. The number of para-hydroxylation sites is 3. The molecule has 0 atom stereocenters. The molecule has 23 nitrogen and oxygen atoms in total. The monoisotopic (exact) mass is 1770 g/mol. The third kappa shape index (κ3) is 28.0. The molecule has 0 aliphatic rings. The Bertz CT molecular complexity index is 4080. The molecule has 0 fully saturated rings. The summed E-state index contributed by atoms with van der Waals surface area (Å²) in [6.45, 7) is 6.02. The van der Waals surface area contributed by atoms with Crippen molar-refractivity contribution in [2.75, 3.05) is 170 Å². The van der Waals surface area contributed by atoms with Gasteiger partial charge in [0.15, 0.2) is 0 Å². The second kappa shape index (κ2) is 51.0. The van der Waals surface area contributed by atoms with E-state index < -0.39 is 83.0 Å². The lowest BCUT2D eigenvalue weighted by Crippen LogP contribution is -2.54. The van der Waals surface area contributed by atoms with Crippen molar-refractivity contribution in [2.24, 2.45) is 0 Å². The highest BCUT2D eigenvalue weighted by atomic mass is 28.4. The van der Waals surface area contributed by atoms with Crippen LogP contribution in [0.2, 0.25) is 38.3 Å². The van der Waals surface area contributed by atoms with E-state index in [0.717, 1.165) is 89.1 Å². The van der Waals surface area contributed by atoms with Gasteiger partial charge in [-0.2, -0.15) is 0 Å². The molecular weight excluding hydrogens is 1650 g/mol. The lowest BCUT2D eigenvalue weighted by Gasteiger charge is -2.28. The Labute approximate surface area is 699 Å². The van der Waals surface area contributed by atoms with Crippen LogP contribution in [-0.4, -0.2) is 225 Å². The summed E-state index contributed by atoms with van der Waals surface area (Å²) in [5, 5.41) is 3.96. The molecule has 0 saturated heterocycles. The van der Waals surface area contributed by atoms with Gasteiger partial charge in [0.25, 0.3) is 0 Å². The first kappa shape index (κ1) is 102. The van der Waals surface area contributed by atoms with Gasteiger partial charge in [-0.15, -0.1) is 0 Å². The molecule has 0 aromatic heterocycles. The molecule has 0 unspecified atom stereocenters. The van der Waals surface area contributed by atoms with Crippen LogP contribution in [-0.2, 0) is 88.5 Å². The molecule has 0 heterocycles. The Hall–Kier alpha value is -6.96. The molecule has 0 radical (unpaired) electrons. The highest BCUT2D eigenvalue weighted by Crippen LogP contribution is 2.39. The summed E-state index contributed by atoms with van der Waals surface area (Å²) < 4.78 is 150. The molecule has 117 heavy (non-hydrogen) atoms. The van der Waals surface area contributed by atoms with Gasteiger partial charge in [0.1, 0.15) is 6.30 Å². The highest BCUT2D eigenvalue weighted by Gasteiger charge is 2.45. The van der Waals surface area contributed by atoms with Gasteiger partial charge in [-0.3, -0.25) is 0 Å². The van der Waals surface area contributed by atoms with Crippen molar-refractivity contribution < 1.29 is 106 Å². The molecule has 0 aliphatic heterocycles. The zero-order valence-corrected chi connectivity index (χ0v) is 79.9. The van der Waals surface area contributed by atoms with Gasteiger partial charge in [-0.1, -0.05) is 127 Å². The van der Waals surface area contributed by atoms with Crippen LogP contribution in [0.5, 0.6) is 0 Å². The molecule has 0 saturated carbocycles. The average molecular weight is 1770 g/mol. The van der Waals surface area contributed by atoms with Crippen LogP contribution in [0.4, 0.5) is 68.5 Å². The number of hydrogen-bond acceptors (Lipinski definition) is 23. The smallest absolute Gasteiger partial charge is 0.398 e. The fourth-order valence-electron chi connectivity index (χ4n) is 11.6. The first-order chi connectivity index (χ1) is 56.1. The van der Waals surface area contributed by atoms with Crippen molar-refractivity contribution in [3.05, 3.63) is 237 Å². The Kier molecular flexibility index (Phi) is 44.6. The van der Waals surface area contributed by atoms with E-state index in [-0.39, 0.29) is 0 Å². The number of halogens is 4. The third-order valence-corrected chi connectivity index (χ3v) is 40.6. The lowest BCUT2D eigenvalue weighted by atomic mass is 10.0. The molecule has 642 valence electrons. The summed E-state index contributed by atoms with van der Waals surface area (Å²) in [7, 11) is 10.1. The predicted molar refractivity (Wildman–Crippen MR) is 474 cm³/mol. The molecule has 0 spiro atoms. The van der Waals surface area contributed by atoms with E-state index >= 15 is 0 Å². The second-order valence-corrected chi connectivity index (χ2v) is 50.2. The van der Waals surface area contributed by atoms with E-state index in [1.807, 2.05) is 67.7 Å². The average Bonchev–Trinajstić information content (AvgIpc) is 0.794. The highest BCUT2D eigenvalue weighted by molar-refractivity contribution is 6.80. The van der Waals surface area contributed by atoms with Crippen LogP contribution in [0.15, 0.2) is 237 Å². The number of hydrogen-bond donors (Lipinski definition) is 0. The van der Waals surface area contributed by atoms with Crippen molar-refractivity contribution in [1.82, 2.24) is 0 Å². The number of benzene rings is 9. The minimum absolute atomic E-state index is 0.486. The summed E-state index contributed by atoms with van der Waals surface area (Å²) in [6, 6.07) is 83.1. The Morgan fingerprint density at radius 1 is 0.231 bits per heavy atom. The van der Waals surface area contributed by atoms with E-state index in [2.05, 4.69) is 217 Å². The fourth-order valence-corrected chi connectivity index (χ4v) is 23.6. The predicted octanol–water partition coefficient (Wildman–Crippen LogP) is 16.1. The van der Waals surface area contributed by atoms with E-state index in [4.69, 9.17) is 75.2 Å².